The van der Waals surface area contributed by atoms with Gasteiger partial charge >= 0.3 is 0 Å². The monoisotopic (exact) mass is 272 g/mol. The van der Waals surface area contributed by atoms with Gasteiger partial charge in [0.2, 0.25) is 0 Å². The first kappa shape index (κ1) is 14.3. The molecule has 0 heterocycles. The smallest absolute Gasteiger partial charge is 0.193 e. The summed E-state index contributed by atoms with van der Waals surface area (Å²) < 4.78 is 18.6. The fourth-order valence-electron chi connectivity index (χ4n) is 2.49. The quantitative estimate of drug-likeness (QED) is 0.790. The van der Waals surface area contributed by atoms with Crippen molar-refractivity contribution in [3.05, 3.63) is 64.0 Å². The number of carbonyl (C=O) groups excluding carboxylic acids is 1. The van der Waals surface area contributed by atoms with E-state index in [9.17, 15) is 9.18 Å². The zero-order chi connectivity index (χ0) is 14.9. The first-order chi connectivity index (χ1) is 9.43. The highest BCUT2D eigenvalue weighted by Crippen LogP contribution is 2.23. The number of carbonyl (C=O) groups is 1. The third kappa shape index (κ3) is 2.57. The third-order valence-corrected chi connectivity index (χ3v) is 3.32. The Morgan fingerprint density at radius 1 is 1.05 bits per heavy atom. The van der Waals surface area contributed by atoms with E-state index in [0.717, 1.165) is 16.7 Å². The Hall–Kier alpha value is -2.16. The minimum Gasteiger partial charge on any atom is -0.494 e. The van der Waals surface area contributed by atoms with Gasteiger partial charge in [0.1, 0.15) is 0 Å². The van der Waals surface area contributed by atoms with Crippen LogP contribution in [-0.2, 0) is 0 Å². The molecule has 0 atom stereocenters. The van der Waals surface area contributed by atoms with Gasteiger partial charge in [0, 0.05) is 11.1 Å². The van der Waals surface area contributed by atoms with Gasteiger partial charge in [0.15, 0.2) is 17.3 Å². The molecule has 3 heteroatoms. The highest BCUT2D eigenvalue weighted by atomic mass is 19.1. The second-order valence-electron chi connectivity index (χ2n) is 4.95. The van der Waals surface area contributed by atoms with Crippen LogP contribution in [0.1, 0.15) is 32.6 Å². The molecule has 0 saturated heterocycles. The average Bonchev–Trinajstić information content (AvgIpc) is 2.37. The lowest BCUT2D eigenvalue weighted by Crippen LogP contribution is -2.07. The molecular formula is C17H17FO2. The molecule has 0 fully saturated rings. The lowest BCUT2D eigenvalue weighted by atomic mass is 9.93. The summed E-state index contributed by atoms with van der Waals surface area (Å²) >= 11 is 0. The molecular weight excluding hydrogens is 255 g/mol. The molecule has 0 N–H and O–H groups in total. The normalized spacial score (nSPS) is 10.4. The molecule has 0 aliphatic heterocycles. The maximum absolute atomic E-state index is 13.7. The largest absolute Gasteiger partial charge is 0.494 e. The summed E-state index contributed by atoms with van der Waals surface area (Å²) in [6, 6.07) is 8.20. The Bertz CT molecular complexity index is 652. The maximum atomic E-state index is 13.7. The highest BCUT2D eigenvalue weighted by molar-refractivity contribution is 6.10. The van der Waals surface area contributed by atoms with Crippen LogP contribution >= 0.6 is 0 Å². The first-order valence-corrected chi connectivity index (χ1v) is 6.40. The molecule has 2 rings (SSSR count). The Kier molecular flexibility index (Phi) is 3.89. The SMILES string of the molecule is COc1ccc(C(=O)c2c(C)cc(C)cc2C)cc1F. The zero-order valence-electron chi connectivity index (χ0n) is 12.1. The molecule has 0 spiro atoms. The van der Waals surface area contributed by atoms with Crippen molar-refractivity contribution in [3.63, 3.8) is 0 Å². The Labute approximate surface area is 118 Å². The second-order valence-corrected chi connectivity index (χ2v) is 4.95. The summed E-state index contributed by atoms with van der Waals surface area (Å²) in [5.41, 5.74) is 3.89. The van der Waals surface area contributed by atoms with Crippen LogP contribution in [0.25, 0.3) is 0 Å². The fraction of sp³-hybridized carbons (Fsp3) is 0.235. The average molecular weight is 272 g/mol. The van der Waals surface area contributed by atoms with E-state index >= 15 is 0 Å². The van der Waals surface area contributed by atoms with Crippen LogP contribution < -0.4 is 4.74 Å². The van der Waals surface area contributed by atoms with Gasteiger partial charge in [-0.25, -0.2) is 4.39 Å². The number of ether oxygens (including phenoxy) is 1. The number of aryl methyl sites for hydroxylation is 3. The number of ketones is 1. The second kappa shape index (κ2) is 5.45. The molecule has 0 aliphatic rings. The lowest BCUT2D eigenvalue weighted by molar-refractivity contribution is 0.103. The topological polar surface area (TPSA) is 26.3 Å². The van der Waals surface area contributed by atoms with Crippen molar-refractivity contribution < 1.29 is 13.9 Å². The van der Waals surface area contributed by atoms with E-state index in [0.29, 0.717) is 11.1 Å². The van der Waals surface area contributed by atoms with E-state index < -0.39 is 5.82 Å². The minimum absolute atomic E-state index is 0.138. The van der Waals surface area contributed by atoms with Crippen molar-refractivity contribution in [1.29, 1.82) is 0 Å². The molecule has 20 heavy (non-hydrogen) atoms. The summed E-state index contributed by atoms with van der Waals surface area (Å²) in [5, 5.41) is 0. The zero-order valence-corrected chi connectivity index (χ0v) is 12.1. The van der Waals surface area contributed by atoms with E-state index in [-0.39, 0.29) is 11.5 Å². The molecule has 0 unspecified atom stereocenters. The van der Waals surface area contributed by atoms with Crippen LogP contribution in [0.2, 0.25) is 0 Å². The van der Waals surface area contributed by atoms with Crippen LogP contribution in [0.5, 0.6) is 5.75 Å². The van der Waals surface area contributed by atoms with Crippen LogP contribution in [0.15, 0.2) is 30.3 Å². The van der Waals surface area contributed by atoms with E-state index in [1.165, 1.54) is 19.2 Å². The highest BCUT2D eigenvalue weighted by Gasteiger charge is 2.16. The van der Waals surface area contributed by atoms with Gasteiger partial charge in [-0.05, 0) is 50.1 Å². The Morgan fingerprint density at radius 3 is 2.15 bits per heavy atom. The molecule has 0 aromatic heterocycles. The van der Waals surface area contributed by atoms with Gasteiger partial charge in [-0.15, -0.1) is 0 Å². The predicted octanol–water partition coefficient (Wildman–Crippen LogP) is 3.99. The van der Waals surface area contributed by atoms with E-state index in [4.69, 9.17) is 4.74 Å². The van der Waals surface area contributed by atoms with Crippen molar-refractivity contribution in [2.24, 2.45) is 0 Å². The molecule has 0 bridgehead atoms. The number of hydrogen-bond donors (Lipinski definition) is 0. The van der Waals surface area contributed by atoms with Gasteiger partial charge in [0.05, 0.1) is 7.11 Å². The van der Waals surface area contributed by atoms with Crippen LogP contribution in [-0.4, -0.2) is 12.9 Å². The molecule has 2 nitrogen and oxygen atoms in total. The van der Waals surface area contributed by atoms with E-state index in [2.05, 4.69) is 0 Å². The summed E-state index contributed by atoms with van der Waals surface area (Å²) in [7, 11) is 1.40. The maximum Gasteiger partial charge on any atom is 0.193 e. The summed E-state index contributed by atoms with van der Waals surface area (Å²) in [4.78, 5) is 12.5. The van der Waals surface area contributed by atoms with Crippen molar-refractivity contribution in [3.8, 4) is 5.75 Å². The summed E-state index contributed by atoms with van der Waals surface area (Å²) in [6.45, 7) is 5.78. The Balaban J connectivity index is 2.49. The van der Waals surface area contributed by atoms with Gasteiger partial charge in [0.25, 0.3) is 0 Å². The summed E-state index contributed by atoms with van der Waals surface area (Å²) in [6.07, 6.45) is 0. The molecule has 0 aliphatic carbocycles. The number of rotatable bonds is 3. The molecule has 2 aromatic carbocycles. The number of benzene rings is 2. The van der Waals surface area contributed by atoms with Crippen LogP contribution in [0.4, 0.5) is 4.39 Å². The van der Waals surface area contributed by atoms with Crippen LogP contribution in [0.3, 0.4) is 0 Å². The van der Waals surface area contributed by atoms with Crippen molar-refractivity contribution in [2.75, 3.05) is 7.11 Å². The standard InChI is InChI=1S/C17H17FO2/c1-10-7-11(2)16(12(3)8-10)17(19)13-5-6-15(20-4)14(18)9-13/h5-9H,1-4H3. The van der Waals surface area contributed by atoms with E-state index in [1.807, 2.05) is 32.9 Å². The number of hydrogen-bond acceptors (Lipinski definition) is 2. The van der Waals surface area contributed by atoms with Gasteiger partial charge < -0.3 is 4.74 Å². The lowest BCUT2D eigenvalue weighted by Gasteiger charge is -2.11. The molecule has 0 amide bonds. The number of methoxy groups -OCH3 is 1. The van der Waals surface area contributed by atoms with Gasteiger partial charge in [-0.3, -0.25) is 4.79 Å². The number of halogens is 1. The molecule has 2 aromatic rings. The molecule has 104 valence electrons. The van der Waals surface area contributed by atoms with Gasteiger partial charge in [-0.2, -0.15) is 0 Å². The molecule has 0 saturated carbocycles. The van der Waals surface area contributed by atoms with Gasteiger partial charge in [-0.1, -0.05) is 17.7 Å². The minimum atomic E-state index is -0.527. The van der Waals surface area contributed by atoms with Crippen molar-refractivity contribution in [1.82, 2.24) is 0 Å². The van der Waals surface area contributed by atoms with Crippen LogP contribution in [0, 0.1) is 26.6 Å². The fourth-order valence-corrected chi connectivity index (χ4v) is 2.49. The summed E-state index contributed by atoms with van der Waals surface area (Å²) in [5.74, 6) is -0.554. The first-order valence-electron chi connectivity index (χ1n) is 6.40. The molecule has 0 radical (unpaired) electrons. The van der Waals surface area contributed by atoms with Crippen molar-refractivity contribution >= 4 is 5.78 Å². The third-order valence-electron chi connectivity index (χ3n) is 3.32. The van der Waals surface area contributed by atoms with Crippen molar-refractivity contribution in [2.45, 2.75) is 20.8 Å². The van der Waals surface area contributed by atoms with E-state index in [1.54, 1.807) is 6.07 Å². The predicted molar refractivity (Wildman–Crippen MR) is 77.0 cm³/mol. The Morgan fingerprint density at radius 2 is 1.65 bits per heavy atom.